The van der Waals surface area contributed by atoms with Crippen LogP contribution in [0, 0.1) is 29.2 Å². The number of hydrogen-bond donors (Lipinski definition) is 4. The molecule has 1 aliphatic heterocycles. The van der Waals surface area contributed by atoms with Crippen molar-refractivity contribution in [3.8, 4) is 6.19 Å². The maximum atomic E-state index is 14.4. The lowest BCUT2D eigenvalue weighted by Gasteiger charge is -2.36. The highest BCUT2D eigenvalue weighted by atomic mass is 32.2. The zero-order chi connectivity index (χ0) is 41.4. The number of piperidine rings is 1. The molecule has 0 radical (unpaired) electrons. The molecule has 320 valence electrons. The van der Waals surface area contributed by atoms with Crippen molar-refractivity contribution in [3.63, 3.8) is 0 Å². The summed E-state index contributed by atoms with van der Waals surface area (Å²) in [5.74, 6) is -0.781. The van der Waals surface area contributed by atoms with E-state index in [0.29, 0.717) is 75.8 Å². The summed E-state index contributed by atoms with van der Waals surface area (Å²) < 4.78 is 17.5. The predicted octanol–water partition coefficient (Wildman–Crippen LogP) is 5.56. The van der Waals surface area contributed by atoms with Gasteiger partial charge < -0.3 is 34.9 Å². The monoisotopic (exact) mass is 815 g/mol. The molecule has 1 aliphatic carbocycles. The van der Waals surface area contributed by atoms with Crippen LogP contribution in [0.5, 0.6) is 0 Å². The van der Waals surface area contributed by atoms with Crippen LogP contribution in [-0.2, 0) is 35.0 Å². The van der Waals surface area contributed by atoms with Crippen molar-refractivity contribution in [3.05, 3.63) is 35.9 Å². The van der Waals surface area contributed by atoms with Crippen molar-refractivity contribution in [1.82, 2.24) is 20.9 Å². The summed E-state index contributed by atoms with van der Waals surface area (Å²) in [5.41, 5.74) is 0.945. The first-order valence-electron chi connectivity index (χ1n) is 21.2. The van der Waals surface area contributed by atoms with Crippen molar-refractivity contribution in [1.29, 1.82) is 5.26 Å². The number of aliphatic hydroxyl groups is 1. The highest BCUT2D eigenvalue weighted by Crippen LogP contribution is 2.30. The Hall–Kier alpha value is -3.22. The molecule has 1 saturated carbocycles. The second kappa shape index (κ2) is 27.5. The number of likely N-dealkylation sites (tertiary alicyclic amines) is 1. The number of benzene rings is 1. The van der Waals surface area contributed by atoms with Crippen LogP contribution in [0.1, 0.15) is 110 Å². The Kier molecular flexibility index (Phi) is 23.2. The Labute approximate surface area is 345 Å². The van der Waals surface area contributed by atoms with E-state index in [1.54, 1.807) is 7.11 Å². The molecule has 1 aromatic rings. The molecular formula is C43H70N6O7S. The number of aliphatic hydroxyl groups excluding tert-OH is 1. The molecule has 2 fully saturated rings. The third-order valence-electron chi connectivity index (χ3n) is 11.1. The van der Waals surface area contributed by atoms with E-state index in [0.717, 1.165) is 44.1 Å². The summed E-state index contributed by atoms with van der Waals surface area (Å²) in [6.07, 6.45) is 11.6. The summed E-state index contributed by atoms with van der Waals surface area (Å²) in [6, 6.07) is 9.16. The fourth-order valence-electron chi connectivity index (χ4n) is 7.76. The quantitative estimate of drug-likeness (QED) is 0.0259. The Morgan fingerprint density at radius 2 is 1.75 bits per heavy atom. The van der Waals surface area contributed by atoms with Gasteiger partial charge >= 0.3 is 0 Å². The van der Waals surface area contributed by atoms with E-state index in [4.69, 9.17) is 19.5 Å². The molecular weight excluding hydrogens is 745 g/mol. The Morgan fingerprint density at radius 1 is 1.04 bits per heavy atom. The third-order valence-corrected chi connectivity index (χ3v) is 11.8. The van der Waals surface area contributed by atoms with Crippen molar-refractivity contribution in [2.24, 2.45) is 22.7 Å². The van der Waals surface area contributed by atoms with Crippen LogP contribution in [0.25, 0.3) is 0 Å². The van der Waals surface area contributed by atoms with Gasteiger partial charge in [-0.25, -0.2) is 0 Å². The van der Waals surface area contributed by atoms with E-state index >= 15 is 0 Å². The average molecular weight is 815 g/mol. The van der Waals surface area contributed by atoms with Gasteiger partial charge in [-0.3, -0.25) is 24.7 Å². The second-order valence-corrected chi connectivity index (χ2v) is 16.6. The van der Waals surface area contributed by atoms with Gasteiger partial charge in [0.25, 0.3) is 5.91 Å². The number of carbonyl (C=O) groups is 3. The van der Waals surface area contributed by atoms with E-state index in [1.807, 2.05) is 61.5 Å². The van der Waals surface area contributed by atoms with Gasteiger partial charge in [0.15, 0.2) is 11.4 Å². The van der Waals surface area contributed by atoms with Crippen LogP contribution in [0.4, 0.5) is 0 Å². The van der Waals surface area contributed by atoms with E-state index in [9.17, 15) is 19.5 Å². The molecule has 5 atom stereocenters. The molecule has 0 spiro atoms. The minimum Gasteiger partial charge on any atom is -0.391 e. The summed E-state index contributed by atoms with van der Waals surface area (Å²) in [7, 11) is 1.59. The molecule has 4 N–H and O–H groups in total. The Balaban J connectivity index is 1.77. The summed E-state index contributed by atoms with van der Waals surface area (Å²) in [5, 5.41) is 30.1. The third kappa shape index (κ3) is 17.7. The largest absolute Gasteiger partial charge is 0.391 e. The van der Waals surface area contributed by atoms with Gasteiger partial charge in [-0.15, -0.1) is 0 Å². The van der Waals surface area contributed by atoms with Gasteiger partial charge in [-0.05, 0) is 62.2 Å². The molecule has 3 amide bonds. The minimum atomic E-state index is -0.963. The van der Waals surface area contributed by atoms with E-state index in [-0.39, 0.29) is 43.0 Å². The molecule has 1 heterocycles. The first kappa shape index (κ1) is 48.2. The van der Waals surface area contributed by atoms with Crippen LogP contribution in [0.3, 0.4) is 0 Å². The number of nitrogens with one attached hydrogen (secondary N) is 3. The number of aliphatic imine (C=N–C) groups is 1. The maximum Gasteiger partial charge on any atom is 0.252 e. The van der Waals surface area contributed by atoms with Crippen molar-refractivity contribution in [2.75, 3.05) is 46.3 Å². The minimum absolute atomic E-state index is 0.0195. The zero-order valence-corrected chi connectivity index (χ0v) is 35.9. The van der Waals surface area contributed by atoms with Crippen molar-refractivity contribution >= 4 is 34.7 Å². The lowest BCUT2D eigenvalue weighted by atomic mass is 9.81. The highest BCUT2D eigenvalue weighted by Gasteiger charge is 2.36. The number of unbranched alkanes of at least 4 members (excludes halogenated alkanes) is 1. The number of nitriles is 1. The van der Waals surface area contributed by atoms with Gasteiger partial charge in [-0.2, -0.15) is 5.26 Å². The molecule has 1 saturated heterocycles. The molecule has 0 unspecified atom stereocenters. The van der Waals surface area contributed by atoms with Crippen LogP contribution in [-0.4, -0.2) is 110 Å². The number of hydrogen-bond acceptors (Lipinski definition) is 10. The van der Waals surface area contributed by atoms with Crippen LogP contribution in [0.2, 0.25) is 0 Å². The second-order valence-electron chi connectivity index (χ2n) is 15.8. The van der Waals surface area contributed by atoms with E-state index in [2.05, 4.69) is 27.9 Å². The number of methoxy groups -OCH3 is 1. The molecule has 57 heavy (non-hydrogen) atoms. The molecule has 0 bridgehead atoms. The summed E-state index contributed by atoms with van der Waals surface area (Å²) in [6.45, 7) is 8.15. The number of amides is 3. The lowest BCUT2D eigenvalue weighted by Crippen LogP contribution is -2.52. The molecule has 1 aromatic carbocycles. The zero-order valence-electron chi connectivity index (χ0n) is 35.1. The average Bonchev–Trinajstić information content (AvgIpc) is 3.22. The number of carbonyl (C=O) groups excluding carboxylic acids is 3. The fraction of sp³-hybridized carbons (Fsp3) is 0.744. The smallest absolute Gasteiger partial charge is 0.252 e. The number of ether oxygens (including phenoxy) is 3. The van der Waals surface area contributed by atoms with Crippen LogP contribution < -0.4 is 16.0 Å². The Morgan fingerprint density at radius 3 is 2.39 bits per heavy atom. The summed E-state index contributed by atoms with van der Waals surface area (Å²) in [4.78, 5) is 48.2. The van der Waals surface area contributed by atoms with Crippen LogP contribution >= 0.6 is 11.8 Å². The number of nitrogens with zero attached hydrogens (tertiary/aromatic N) is 3. The van der Waals surface area contributed by atoms with E-state index in [1.165, 1.54) is 18.2 Å². The number of amidine groups is 1. The number of thioether (sulfide) groups is 1. The maximum absolute atomic E-state index is 14.4. The van der Waals surface area contributed by atoms with E-state index < -0.39 is 30.3 Å². The molecule has 2 aliphatic rings. The van der Waals surface area contributed by atoms with Crippen molar-refractivity contribution in [2.45, 2.75) is 141 Å². The Bertz CT molecular complexity index is 1380. The van der Waals surface area contributed by atoms with Gasteiger partial charge in [0.05, 0.1) is 18.2 Å². The lowest BCUT2D eigenvalue weighted by molar-refractivity contribution is -0.157. The first-order valence-corrected chi connectivity index (χ1v) is 22.4. The topological polar surface area (TPSA) is 175 Å². The van der Waals surface area contributed by atoms with Crippen molar-refractivity contribution < 1.29 is 33.7 Å². The molecule has 0 aromatic heterocycles. The predicted molar refractivity (Wildman–Crippen MR) is 225 cm³/mol. The standard InChI is InChI=1S/C43H70N6O7S/c1-6-7-19-38(56-39(27-33-17-12-9-13-18-33)42(53)49-24-20-34(21-25-49)55-30-54-4)41(52)48-36(26-32-15-10-8-11-16-32)37(50)28-35(31(2)3)40(51)45-22-14-23-46-43(57-5)47-29-44/h9,12-13,17-18,31-32,34-39,50H,6-8,10-11,14-16,19-28,30H2,1-5H3,(H,45,51)(H,46,47)(H,48,52)/t35-,36-,37-,38-,39-/m0/s1. The highest BCUT2D eigenvalue weighted by molar-refractivity contribution is 8.13. The molecule has 3 rings (SSSR count). The van der Waals surface area contributed by atoms with Crippen LogP contribution in [0.15, 0.2) is 35.3 Å². The normalized spacial score (nSPS) is 18.3. The van der Waals surface area contributed by atoms with Gasteiger partial charge in [0.1, 0.15) is 19.0 Å². The van der Waals surface area contributed by atoms with Gasteiger partial charge in [0.2, 0.25) is 11.8 Å². The van der Waals surface area contributed by atoms with Gasteiger partial charge in [-0.1, -0.05) is 108 Å². The number of rotatable bonds is 24. The molecule has 14 heteroatoms. The molecule has 13 nitrogen and oxygen atoms in total. The first-order chi connectivity index (χ1) is 27.6. The summed E-state index contributed by atoms with van der Waals surface area (Å²) >= 11 is 1.35. The van der Waals surface area contributed by atoms with Gasteiger partial charge in [0, 0.05) is 45.6 Å². The SMILES string of the molecule is CCCC[C@H](O[C@@H](Cc1ccccc1)C(=O)N1CCC(OCOC)CC1)C(=O)N[C@@H](CC1CCCCC1)[C@@H](O)C[C@H](C(=O)NCCCN=C(NC#N)SC)C(C)C. The fourth-order valence-corrected chi connectivity index (χ4v) is 8.13.